The van der Waals surface area contributed by atoms with Crippen LogP contribution in [-0.4, -0.2) is 15.9 Å². The lowest BCUT2D eigenvalue weighted by molar-refractivity contribution is -0.136. The average Bonchev–Trinajstić information content (AvgIpc) is 2.18. The van der Waals surface area contributed by atoms with Crippen LogP contribution in [0.2, 0.25) is 0 Å². The first-order chi connectivity index (χ1) is 7.02. The van der Waals surface area contributed by atoms with E-state index in [1.807, 2.05) is 18.2 Å². The molecule has 0 bridgehead atoms. The van der Waals surface area contributed by atoms with Crippen molar-refractivity contribution in [3.63, 3.8) is 0 Å². The lowest BCUT2D eigenvalue weighted by Gasteiger charge is -2.13. The van der Waals surface area contributed by atoms with Gasteiger partial charge in [-0.1, -0.05) is 54.0 Å². The highest BCUT2D eigenvalue weighted by Gasteiger charge is 2.16. The Bertz CT molecular complexity index is 347. The molecule has 0 aliphatic carbocycles. The van der Waals surface area contributed by atoms with E-state index in [2.05, 4.69) is 35.8 Å². The second-order valence-electron chi connectivity index (χ2n) is 3.86. The highest BCUT2D eigenvalue weighted by molar-refractivity contribution is 9.10. The molecule has 2 nitrogen and oxygen atoms in total. The Morgan fingerprint density at radius 3 is 2.53 bits per heavy atom. The van der Waals surface area contributed by atoms with Crippen molar-refractivity contribution in [2.24, 2.45) is 0 Å². The summed E-state index contributed by atoms with van der Waals surface area (Å²) in [6.45, 7) is 4.23. The first-order valence-corrected chi connectivity index (χ1v) is 5.88. The molecule has 1 unspecified atom stereocenters. The third-order valence-electron chi connectivity index (χ3n) is 2.34. The van der Waals surface area contributed by atoms with Crippen LogP contribution in [0.4, 0.5) is 0 Å². The molecule has 1 aromatic carbocycles. The quantitative estimate of drug-likeness (QED) is 0.854. The second kappa shape index (κ2) is 5.31. The normalized spacial score (nSPS) is 12.8. The third-order valence-corrected chi connectivity index (χ3v) is 3.06. The minimum absolute atomic E-state index is 0.426. The summed E-state index contributed by atoms with van der Waals surface area (Å²) < 4.78 is 0. The molecule has 0 spiro atoms. The van der Waals surface area contributed by atoms with Gasteiger partial charge in [0.2, 0.25) is 0 Å². The Hall–Kier alpha value is -0.830. The summed E-state index contributed by atoms with van der Waals surface area (Å²) in [5, 5.41) is 8.83. The van der Waals surface area contributed by atoms with Gasteiger partial charge >= 0.3 is 5.97 Å². The Labute approximate surface area is 98.4 Å². The maximum absolute atomic E-state index is 10.7. The van der Waals surface area contributed by atoms with Gasteiger partial charge in [-0.25, -0.2) is 0 Å². The molecule has 0 fully saturated rings. The van der Waals surface area contributed by atoms with E-state index >= 15 is 0 Å². The number of benzene rings is 1. The Balaban J connectivity index is 2.89. The first-order valence-electron chi connectivity index (χ1n) is 4.97. The predicted octanol–water partition coefficient (Wildman–Crippen LogP) is 3.20. The Morgan fingerprint density at radius 1 is 1.40 bits per heavy atom. The molecule has 0 aromatic heterocycles. The number of alkyl halides is 1. The van der Waals surface area contributed by atoms with Crippen LogP contribution in [0.3, 0.4) is 0 Å². The summed E-state index contributed by atoms with van der Waals surface area (Å²) in [6, 6.07) is 7.99. The minimum Gasteiger partial charge on any atom is -0.480 e. The number of hydrogen-bond acceptors (Lipinski definition) is 1. The van der Waals surface area contributed by atoms with Crippen molar-refractivity contribution in [1.82, 2.24) is 0 Å². The van der Waals surface area contributed by atoms with Crippen LogP contribution in [0.15, 0.2) is 24.3 Å². The fourth-order valence-corrected chi connectivity index (χ4v) is 1.91. The number of hydrogen-bond donors (Lipinski definition) is 1. The van der Waals surface area contributed by atoms with Crippen molar-refractivity contribution < 1.29 is 9.90 Å². The van der Waals surface area contributed by atoms with Gasteiger partial charge in [0.1, 0.15) is 4.83 Å². The van der Waals surface area contributed by atoms with Crippen molar-refractivity contribution in [3.05, 3.63) is 35.4 Å². The molecule has 0 radical (unpaired) electrons. The van der Waals surface area contributed by atoms with Gasteiger partial charge in [0.15, 0.2) is 0 Å². The Kier molecular flexibility index (Phi) is 4.33. The van der Waals surface area contributed by atoms with Crippen molar-refractivity contribution in [1.29, 1.82) is 0 Å². The van der Waals surface area contributed by atoms with Crippen LogP contribution in [0.25, 0.3) is 0 Å². The number of halogens is 1. The zero-order valence-corrected chi connectivity index (χ0v) is 10.5. The van der Waals surface area contributed by atoms with E-state index in [1.165, 1.54) is 5.56 Å². The van der Waals surface area contributed by atoms with Gasteiger partial charge in [-0.2, -0.15) is 0 Å². The molecule has 0 amide bonds. The van der Waals surface area contributed by atoms with Crippen molar-refractivity contribution in [2.75, 3.05) is 0 Å². The van der Waals surface area contributed by atoms with E-state index in [0.29, 0.717) is 12.3 Å². The average molecular weight is 271 g/mol. The fraction of sp³-hybridized carbons (Fsp3) is 0.417. The third kappa shape index (κ3) is 3.34. The number of rotatable bonds is 4. The monoisotopic (exact) mass is 270 g/mol. The molecule has 0 heterocycles. The molecule has 0 aliphatic heterocycles. The SMILES string of the molecule is CC(C)c1ccccc1CC(Br)C(=O)O. The van der Waals surface area contributed by atoms with Crippen molar-refractivity contribution in [3.8, 4) is 0 Å². The lowest BCUT2D eigenvalue weighted by atomic mass is 9.94. The van der Waals surface area contributed by atoms with Crippen LogP contribution in [0.5, 0.6) is 0 Å². The van der Waals surface area contributed by atoms with Gasteiger partial charge in [-0.15, -0.1) is 0 Å². The van der Waals surface area contributed by atoms with E-state index in [0.717, 1.165) is 5.56 Å². The zero-order valence-electron chi connectivity index (χ0n) is 8.90. The topological polar surface area (TPSA) is 37.3 Å². The smallest absolute Gasteiger partial charge is 0.317 e. The van der Waals surface area contributed by atoms with Gasteiger partial charge in [0, 0.05) is 0 Å². The largest absolute Gasteiger partial charge is 0.480 e. The summed E-state index contributed by atoms with van der Waals surface area (Å²) in [5.74, 6) is -0.386. The summed E-state index contributed by atoms with van der Waals surface area (Å²) in [7, 11) is 0. The highest BCUT2D eigenvalue weighted by Crippen LogP contribution is 2.22. The molecule has 0 saturated heterocycles. The number of carboxylic acid groups (broad SMARTS) is 1. The molecule has 15 heavy (non-hydrogen) atoms. The molecule has 3 heteroatoms. The van der Waals surface area contributed by atoms with Gasteiger partial charge < -0.3 is 5.11 Å². The fourth-order valence-electron chi connectivity index (χ4n) is 1.56. The molecule has 1 rings (SSSR count). The van der Waals surface area contributed by atoms with Gasteiger partial charge in [0.25, 0.3) is 0 Å². The van der Waals surface area contributed by atoms with Crippen molar-refractivity contribution >= 4 is 21.9 Å². The first kappa shape index (κ1) is 12.2. The van der Waals surface area contributed by atoms with E-state index < -0.39 is 10.8 Å². The van der Waals surface area contributed by atoms with E-state index in [1.54, 1.807) is 0 Å². The molecule has 1 atom stereocenters. The number of aliphatic carboxylic acids is 1. The molecule has 0 saturated carbocycles. The van der Waals surface area contributed by atoms with Gasteiger partial charge in [-0.05, 0) is 23.5 Å². The molecule has 82 valence electrons. The molecular formula is C12H15BrO2. The number of carboxylic acids is 1. The van der Waals surface area contributed by atoms with Gasteiger partial charge in [-0.3, -0.25) is 4.79 Å². The summed E-state index contributed by atoms with van der Waals surface area (Å²) in [6.07, 6.45) is 0.531. The second-order valence-corrected chi connectivity index (χ2v) is 4.97. The lowest BCUT2D eigenvalue weighted by Crippen LogP contribution is -2.16. The van der Waals surface area contributed by atoms with E-state index in [9.17, 15) is 4.79 Å². The standard InChI is InChI=1S/C12H15BrO2/c1-8(2)10-6-4-3-5-9(10)7-11(13)12(14)15/h3-6,8,11H,7H2,1-2H3,(H,14,15). The summed E-state index contributed by atoms with van der Waals surface area (Å²) >= 11 is 3.16. The van der Waals surface area contributed by atoms with Crippen LogP contribution >= 0.6 is 15.9 Å². The van der Waals surface area contributed by atoms with Crippen LogP contribution < -0.4 is 0 Å². The molecule has 1 aromatic rings. The zero-order chi connectivity index (χ0) is 11.4. The summed E-state index contributed by atoms with van der Waals surface area (Å²) in [4.78, 5) is 10.2. The molecular weight excluding hydrogens is 256 g/mol. The maximum atomic E-state index is 10.7. The molecule has 0 aliphatic rings. The number of carbonyl (C=O) groups is 1. The molecule has 1 N–H and O–H groups in total. The minimum atomic E-state index is -0.812. The van der Waals surface area contributed by atoms with Crippen LogP contribution in [0.1, 0.15) is 30.9 Å². The van der Waals surface area contributed by atoms with Crippen molar-refractivity contribution in [2.45, 2.75) is 31.0 Å². The predicted molar refractivity (Wildman–Crippen MR) is 64.6 cm³/mol. The Morgan fingerprint density at radius 2 is 2.00 bits per heavy atom. The summed E-state index contributed by atoms with van der Waals surface area (Å²) in [5.41, 5.74) is 2.33. The van der Waals surface area contributed by atoms with E-state index in [-0.39, 0.29) is 0 Å². The van der Waals surface area contributed by atoms with Crippen LogP contribution in [0, 0.1) is 0 Å². The highest BCUT2D eigenvalue weighted by atomic mass is 79.9. The van der Waals surface area contributed by atoms with Gasteiger partial charge in [0.05, 0.1) is 0 Å². The maximum Gasteiger partial charge on any atom is 0.317 e. The van der Waals surface area contributed by atoms with E-state index in [4.69, 9.17) is 5.11 Å². The van der Waals surface area contributed by atoms with Crippen LogP contribution in [-0.2, 0) is 11.2 Å².